The summed E-state index contributed by atoms with van der Waals surface area (Å²) >= 11 is 5.97. The minimum Gasteiger partial charge on any atom is -0.493 e. The summed E-state index contributed by atoms with van der Waals surface area (Å²) in [5.41, 5.74) is 7.99. The summed E-state index contributed by atoms with van der Waals surface area (Å²) in [6.07, 6.45) is 1.47. The van der Waals surface area contributed by atoms with Crippen molar-refractivity contribution >= 4 is 34.0 Å². The summed E-state index contributed by atoms with van der Waals surface area (Å²) in [7, 11) is 4.68. The Morgan fingerprint density at radius 3 is 2.46 bits per heavy atom. The number of ether oxygens (including phenoxy) is 3. The van der Waals surface area contributed by atoms with Gasteiger partial charge in [0, 0.05) is 6.54 Å². The Kier molecular flexibility index (Phi) is 5.18. The molecular weight excluding hydrogens is 356 g/mol. The number of halogens is 1. The van der Waals surface area contributed by atoms with Gasteiger partial charge >= 0.3 is 0 Å². The molecule has 8 heteroatoms. The van der Waals surface area contributed by atoms with E-state index < -0.39 is 0 Å². The van der Waals surface area contributed by atoms with E-state index in [4.69, 9.17) is 31.5 Å². The van der Waals surface area contributed by atoms with E-state index in [1.807, 2.05) is 18.2 Å². The van der Waals surface area contributed by atoms with Crippen LogP contribution < -0.4 is 25.3 Å². The van der Waals surface area contributed by atoms with Gasteiger partial charge in [-0.2, -0.15) is 0 Å². The standard InChI is InChI=1S/C18H19ClN4O3/c1-24-14-7-11-15(17(26-3)16(14)25-2)22-9-23-18(11)21-8-10-4-5-12(19)13(20)6-10/h4-7,9H,8,20H2,1-3H3,(H,21,22,23). The summed E-state index contributed by atoms with van der Waals surface area (Å²) in [5.74, 6) is 2.15. The van der Waals surface area contributed by atoms with Crippen LogP contribution in [0, 0.1) is 0 Å². The molecule has 2 aromatic carbocycles. The number of nitrogens with two attached hydrogens (primary N) is 1. The van der Waals surface area contributed by atoms with Crippen LogP contribution in [-0.2, 0) is 6.54 Å². The minimum absolute atomic E-state index is 0.484. The fourth-order valence-corrected chi connectivity index (χ4v) is 2.81. The zero-order valence-electron chi connectivity index (χ0n) is 14.7. The van der Waals surface area contributed by atoms with Gasteiger partial charge in [-0.15, -0.1) is 0 Å². The van der Waals surface area contributed by atoms with Crippen LogP contribution in [0.1, 0.15) is 5.56 Å². The molecule has 0 unspecified atom stereocenters. The van der Waals surface area contributed by atoms with E-state index in [0.29, 0.717) is 45.8 Å². The predicted molar refractivity (Wildman–Crippen MR) is 102 cm³/mol. The summed E-state index contributed by atoms with van der Waals surface area (Å²) in [5, 5.41) is 4.57. The van der Waals surface area contributed by atoms with Gasteiger partial charge in [0.25, 0.3) is 0 Å². The fraction of sp³-hybridized carbons (Fsp3) is 0.222. The first-order chi connectivity index (χ1) is 12.6. The van der Waals surface area contributed by atoms with Crippen LogP contribution in [0.25, 0.3) is 10.9 Å². The molecule has 3 aromatic rings. The summed E-state index contributed by atoms with van der Waals surface area (Å²) < 4.78 is 16.3. The Morgan fingerprint density at radius 2 is 1.81 bits per heavy atom. The van der Waals surface area contributed by atoms with Crippen LogP contribution in [0.2, 0.25) is 5.02 Å². The van der Waals surface area contributed by atoms with Gasteiger partial charge in [-0.25, -0.2) is 9.97 Å². The molecule has 0 amide bonds. The molecule has 0 saturated carbocycles. The molecule has 3 rings (SSSR count). The Morgan fingerprint density at radius 1 is 1.04 bits per heavy atom. The molecule has 3 N–H and O–H groups in total. The Balaban J connectivity index is 2.02. The number of benzene rings is 2. The molecule has 26 heavy (non-hydrogen) atoms. The molecule has 0 aliphatic rings. The smallest absolute Gasteiger partial charge is 0.205 e. The third kappa shape index (κ3) is 3.25. The average molecular weight is 375 g/mol. The van der Waals surface area contributed by atoms with Crippen molar-refractivity contribution in [3.63, 3.8) is 0 Å². The van der Waals surface area contributed by atoms with Gasteiger partial charge in [-0.3, -0.25) is 0 Å². The van der Waals surface area contributed by atoms with Crippen LogP contribution in [0.5, 0.6) is 17.2 Å². The van der Waals surface area contributed by atoms with Gasteiger partial charge in [0.05, 0.1) is 37.4 Å². The largest absolute Gasteiger partial charge is 0.493 e. The van der Waals surface area contributed by atoms with Crippen molar-refractivity contribution in [2.24, 2.45) is 0 Å². The van der Waals surface area contributed by atoms with E-state index >= 15 is 0 Å². The summed E-state index contributed by atoms with van der Waals surface area (Å²) in [6.45, 7) is 0.518. The van der Waals surface area contributed by atoms with Gasteiger partial charge in [0.15, 0.2) is 11.5 Å². The van der Waals surface area contributed by atoms with Gasteiger partial charge < -0.3 is 25.3 Å². The number of nitrogens with zero attached hydrogens (tertiary/aromatic N) is 2. The van der Waals surface area contributed by atoms with E-state index in [9.17, 15) is 0 Å². The van der Waals surface area contributed by atoms with Crippen molar-refractivity contribution in [3.05, 3.63) is 41.2 Å². The number of rotatable bonds is 6. The third-order valence-electron chi connectivity index (χ3n) is 3.95. The zero-order valence-corrected chi connectivity index (χ0v) is 15.4. The van der Waals surface area contributed by atoms with Gasteiger partial charge in [-0.05, 0) is 23.8 Å². The second-order valence-corrected chi connectivity index (χ2v) is 5.88. The van der Waals surface area contributed by atoms with E-state index in [-0.39, 0.29) is 0 Å². The lowest BCUT2D eigenvalue weighted by Crippen LogP contribution is -2.04. The second kappa shape index (κ2) is 7.53. The number of nitrogen functional groups attached to an aromatic ring is 1. The quantitative estimate of drug-likeness (QED) is 0.638. The van der Waals surface area contributed by atoms with Gasteiger partial charge in [0.2, 0.25) is 5.75 Å². The van der Waals surface area contributed by atoms with E-state index in [1.54, 1.807) is 27.4 Å². The molecular formula is C18H19ClN4O3. The monoisotopic (exact) mass is 374 g/mol. The second-order valence-electron chi connectivity index (χ2n) is 5.47. The van der Waals surface area contributed by atoms with Crippen LogP contribution >= 0.6 is 11.6 Å². The van der Waals surface area contributed by atoms with Crippen LogP contribution in [0.4, 0.5) is 11.5 Å². The SMILES string of the molecule is COc1cc2c(NCc3ccc(Cl)c(N)c3)ncnc2c(OC)c1OC. The van der Waals surface area contributed by atoms with Crippen molar-refractivity contribution in [3.8, 4) is 17.2 Å². The first kappa shape index (κ1) is 17.9. The fourth-order valence-electron chi connectivity index (χ4n) is 2.69. The normalized spacial score (nSPS) is 10.6. The lowest BCUT2D eigenvalue weighted by atomic mass is 10.1. The molecule has 0 fully saturated rings. The minimum atomic E-state index is 0.484. The maximum atomic E-state index is 5.97. The highest BCUT2D eigenvalue weighted by Gasteiger charge is 2.19. The topological polar surface area (TPSA) is 91.5 Å². The highest BCUT2D eigenvalue weighted by atomic mass is 35.5. The number of methoxy groups -OCH3 is 3. The Labute approximate surface area is 156 Å². The molecule has 0 bridgehead atoms. The van der Waals surface area contributed by atoms with Crippen molar-refractivity contribution in [1.82, 2.24) is 9.97 Å². The van der Waals surface area contributed by atoms with Crippen LogP contribution in [0.15, 0.2) is 30.6 Å². The van der Waals surface area contributed by atoms with Crippen LogP contribution in [0.3, 0.4) is 0 Å². The van der Waals surface area contributed by atoms with Crippen molar-refractivity contribution in [1.29, 1.82) is 0 Å². The molecule has 7 nitrogen and oxygen atoms in total. The molecule has 0 spiro atoms. The molecule has 1 heterocycles. The molecule has 1 aromatic heterocycles. The maximum absolute atomic E-state index is 5.97. The number of hydrogen-bond donors (Lipinski definition) is 2. The van der Waals surface area contributed by atoms with Crippen LogP contribution in [-0.4, -0.2) is 31.3 Å². The highest BCUT2D eigenvalue weighted by molar-refractivity contribution is 6.33. The average Bonchev–Trinajstić information content (AvgIpc) is 2.67. The number of aromatic nitrogens is 2. The molecule has 0 atom stereocenters. The predicted octanol–water partition coefficient (Wildman–Crippen LogP) is 3.50. The van der Waals surface area contributed by atoms with E-state index in [1.165, 1.54) is 6.33 Å². The lowest BCUT2D eigenvalue weighted by Gasteiger charge is -2.16. The number of nitrogens with one attached hydrogen (secondary N) is 1. The zero-order chi connectivity index (χ0) is 18.7. The van der Waals surface area contributed by atoms with Crippen molar-refractivity contribution in [2.45, 2.75) is 6.54 Å². The number of anilines is 2. The third-order valence-corrected chi connectivity index (χ3v) is 4.30. The van der Waals surface area contributed by atoms with E-state index in [0.717, 1.165) is 10.9 Å². The number of fused-ring (bicyclic) bond motifs is 1. The first-order valence-electron chi connectivity index (χ1n) is 7.80. The molecule has 0 saturated heterocycles. The lowest BCUT2D eigenvalue weighted by molar-refractivity contribution is 0.327. The van der Waals surface area contributed by atoms with Gasteiger partial charge in [-0.1, -0.05) is 17.7 Å². The summed E-state index contributed by atoms with van der Waals surface area (Å²) in [6, 6.07) is 7.31. The highest BCUT2D eigenvalue weighted by Crippen LogP contribution is 2.43. The van der Waals surface area contributed by atoms with Gasteiger partial charge in [0.1, 0.15) is 17.7 Å². The number of hydrogen-bond acceptors (Lipinski definition) is 7. The molecule has 0 aliphatic heterocycles. The summed E-state index contributed by atoms with van der Waals surface area (Å²) in [4.78, 5) is 8.67. The Hall–Kier alpha value is -2.93. The molecule has 136 valence electrons. The molecule has 0 aliphatic carbocycles. The van der Waals surface area contributed by atoms with E-state index in [2.05, 4.69) is 15.3 Å². The molecule has 0 radical (unpaired) electrons. The maximum Gasteiger partial charge on any atom is 0.205 e. The van der Waals surface area contributed by atoms with Crippen molar-refractivity contribution in [2.75, 3.05) is 32.4 Å². The Bertz CT molecular complexity index is 949. The first-order valence-corrected chi connectivity index (χ1v) is 8.18. The van der Waals surface area contributed by atoms with Crippen molar-refractivity contribution < 1.29 is 14.2 Å².